The molecule has 1 aliphatic carbocycles. The summed E-state index contributed by atoms with van der Waals surface area (Å²) in [4.78, 5) is 22.0. The van der Waals surface area contributed by atoms with Crippen LogP contribution in [0.5, 0.6) is 0 Å². The number of nitrogens with zero attached hydrogens (tertiary/aromatic N) is 6. The molecule has 4 aromatic rings. The minimum absolute atomic E-state index is 0.0158. The van der Waals surface area contributed by atoms with Crippen molar-refractivity contribution < 1.29 is 9.18 Å². The summed E-state index contributed by atoms with van der Waals surface area (Å²) in [6, 6.07) is 8.66. The second-order valence-electron chi connectivity index (χ2n) is 8.95. The predicted octanol–water partition coefficient (Wildman–Crippen LogP) is 4.36. The summed E-state index contributed by atoms with van der Waals surface area (Å²) in [5.74, 6) is 0.109. The Balaban J connectivity index is 1.34. The number of carbonyl (C=O) groups excluding carboxylic acids is 1. The van der Waals surface area contributed by atoms with Crippen LogP contribution in [0.15, 0.2) is 49.2 Å². The first-order chi connectivity index (χ1) is 16.4. The highest BCUT2D eigenvalue weighted by Gasteiger charge is 2.26. The molecule has 0 unspecified atom stereocenters. The fraction of sp³-hybridized carbons (Fsp3) is 0.320. The Morgan fingerprint density at radius 2 is 2.06 bits per heavy atom. The highest BCUT2D eigenvalue weighted by atomic mass is 19.1. The average molecular weight is 460 g/mol. The van der Waals surface area contributed by atoms with Gasteiger partial charge in [-0.1, -0.05) is 6.07 Å². The van der Waals surface area contributed by atoms with Gasteiger partial charge in [-0.2, -0.15) is 0 Å². The molecule has 0 bridgehead atoms. The van der Waals surface area contributed by atoms with Gasteiger partial charge in [-0.25, -0.2) is 14.4 Å². The molecule has 34 heavy (non-hydrogen) atoms. The van der Waals surface area contributed by atoms with Crippen LogP contribution in [0, 0.1) is 12.7 Å². The largest absolute Gasteiger partial charge is 0.346 e. The molecule has 8 nitrogen and oxygen atoms in total. The molecule has 1 aromatic carbocycles. The third kappa shape index (κ3) is 4.33. The van der Waals surface area contributed by atoms with Crippen molar-refractivity contribution in [3.8, 4) is 17.2 Å². The van der Waals surface area contributed by atoms with E-state index in [4.69, 9.17) is 0 Å². The normalized spacial score (nSPS) is 13.4. The number of halogens is 1. The third-order valence-electron chi connectivity index (χ3n) is 6.00. The maximum absolute atomic E-state index is 14.7. The molecule has 0 radical (unpaired) electrons. The van der Waals surface area contributed by atoms with Gasteiger partial charge in [0.2, 0.25) is 0 Å². The van der Waals surface area contributed by atoms with Crippen molar-refractivity contribution in [3.05, 3.63) is 77.5 Å². The van der Waals surface area contributed by atoms with Crippen molar-refractivity contribution in [1.82, 2.24) is 34.6 Å². The third-order valence-corrected chi connectivity index (χ3v) is 6.00. The van der Waals surface area contributed by atoms with E-state index in [0.717, 1.165) is 29.8 Å². The lowest BCUT2D eigenvalue weighted by Gasteiger charge is -2.12. The highest BCUT2D eigenvalue weighted by molar-refractivity contribution is 5.95. The fourth-order valence-corrected chi connectivity index (χ4v) is 3.95. The molecule has 1 amide bonds. The minimum atomic E-state index is -0.562. The number of hydrogen-bond acceptors (Lipinski definition) is 5. The van der Waals surface area contributed by atoms with Gasteiger partial charge in [0.25, 0.3) is 5.91 Å². The summed E-state index contributed by atoms with van der Waals surface area (Å²) in [5.41, 5.74) is 3.79. The van der Waals surface area contributed by atoms with Crippen LogP contribution in [0.25, 0.3) is 17.2 Å². The number of benzene rings is 1. The van der Waals surface area contributed by atoms with Crippen molar-refractivity contribution in [1.29, 1.82) is 0 Å². The van der Waals surface area contributed by atoms with E-state index in [-0.39, 0.29) is 18.2 Å². The lowest BCUT2D eigenvalue weighted by atomic mass is 10.1. The number of carbonyl (C=O) groups is 1. The second kappa shape index (κ2) is 8.81. The molecule has 1 N–H and O–H groups in total. The first-order valence-corrected chi connectivity index (χ1v) is 11.4. The Labute approximate surface area is 196 Å². The maximum atomic E-state index is 14.7. The van der Waals surface area contributed by atoms with Gasteiger partial charge in [0, 0.05) is 18.2 Å². The lowest BCUT2D eigenvalue weighted by molar-refractivity contribution is 0.0946. The smallest absolute Gasteiger partial charge is 0.254 e. The van der Waals surface area contributed by atoms with Crippen LogP contribution in [0.2, 0.25) is 0 Å². The van der Waals surface area contributed by atoms with E-state index < -0.39 is 11.7 Å². The Bertz CT molecular complexity index is 1350. The van der Waals surface area contributed by atoms with E-state index >= 15 is 0 Å². The first-order valence-electron chi connectivity index (χ1n) is 11.4. The molecule has 1 aliphatic rings. The summed E-state index contributed by atoms with van der Waals surface area (Å²) in [5, 5.41) is 10.9. The highest BCUT2D eigenvalue weighted by Crippen LogP contribution is 2.39. The zero-order chi connectivity index (χ0) is 23.8. The zero-order valence-corrected chi connectivity index (χ0v) is 19.4. The molecule has 9 heteroatoms. The Kier molecular flexibility index (Phi) is 5.69. The van der Waals surface area contributed by atoms with Crippen LogP contribution >= 0.6 is 0 Å². The molecule has 3 aromatic heterocycles. The minimum Gasteiger partial charge on any atom is -0.346 e. The van der Waals surface area contributed by atoms with Crippen LogP contribution < -0.4 is 5.32 Å². The summed E-state index contributed by atoms with van der Waals surface area (Å²) in [6.07, 6.45) is 7.66. The maximum Gasteiger partial charge on any atom is 0.254 e. The molecule has 174 valence electrons. The van der Waals surface area contributed by atoms with Crippen molar-refractivity contribution in [3.63, 3.8) is 0 Å². The summed E-state index contributed by atoms with van der Waals surface area (Å²) in [7, 11) is 0. The van der Waals surface area contributed by atoms with Crippen LogP contribution in [-0.4, -0.2) is 35.2 Å². The number of rotatable bonds is 7. The Morgan fingerprint density at radius 3 is 2.82 bits per heavy atom. The van der Waals surface area contributed by atoms with Crippen molar-refractivity contribution >= 4 is 5.91 Å². The van der Waals surface area contributed by atoms with Gasteiger partial charge in [-0.15, -0.1) is 10.2 Å². The molecule has 1 saturated carbocycles. The molecule has 0 saturated heterocycles. The Morgan fingerprint density at radius 1 is 1.24 bits per heavy atom. The molecule has 0 aliphatic heterocycles. The number of pyridine rings is 1. The summed E-state index contributed by atoms with van der Waals surface area (Å²) < 4.78 is 18.5. The SMILES string of the molecule is Cc1cc(F)c(C(=O)NCc2cccc(-c3nncn3C(C)C)n2)cc1-n1cnc(C2CC2)c1. The summed E-state index contributed by atoms with van der Waals surface area (Å²) >= 11 is 0. The lowest BCUT2D eigenvalue weighted by Crippen LogP contribution is -2.24. The Hall–Kier alpha value is -3.88. The van der Waals surface area contributed by atoms with Gasteiger partial charge in [0.15, 0.2) is 5.82 Å². The quantitative estimate of drug-likeness (QED) is 0.443. The fourth-order valence-electron chi connectivity index (χ4n) is 3.95. The molecular weight excluding hydrogens is 433 g/mol. The van der Waals surface area contributed by atoms with E-state index in [9.17, 15) is 9.18 Å². The molecule has 0 atom stereocenters. The van der Waals surface area contributed by atoms with Gasteiger partial charge in [0.1, 0.15) is 17.8 Å². The van der Waals surface area contributed by atoms with E-state index in [1.807, 2.05) is 54.3 Å². The van der Waals surface area contributed by atoms with Crippen LogP contribution in [0.4, 0.5) is 4.39 Å². The van der Waals surface area contributed by atoms with Crippen molar-refractivity contribution in [2.45, 2.75) is 52.1 Å². The van der Waals surface area contributed by atoms with Gasteiger partial charge >= 0.3 is 0 Å². The van der Waals surface area contributed by atoms with E-state index in [1.165, 1.54) is 6.07 Å². The van der Waals surface area contributed by atoms with E-state index in [0.29, 0.717) is 23.1 Å². The molecule has 0 spiro atoms. The average Bonchev–Trinajstić information content (AvgIpc) is 3.33. The molecular formula is C25H26FN7O. The van der Waals surface area contributed by atoms with E-state index in [2.05, 4.69) is 25.5 Å². The predicted molar refractivity (Wildman–Crippen MR) is 125 cm³/mol. The number of nitrogens with one attached hydrogen (secondary N) is 1. The zero-order valence-electron chi connectivity index (χ0n) is 19.4. The molecule has 3 heterocycles. The van der Waals surface area contributed by atoms with Gasteiger partial charge in [-0.05, 0) is 63.4 Å². The van der Waals surface area contributed by atoms with Crippen LogP contribution in [0.3, 0.4) is 0 Å². The first kappa shape index (κ1) is 21.9. The van der Waals surface area contributed by atoms with Crippen LogP contribution in [0.1, 0.15) is 66.0 Å². The monoisotopic (exact) mass is 459 g/mol. The molecule has 1 fully saturated rings. The second-order valence-corrected chi connectivity index (χ2v) is 8.95. The van der Waals surface area contributed by atoms with Gasteiger partial charge < -0.3 is 14.5 Å². The number of aryl methyl sites for hydroxylation is 1. The number of imidazole rings is 1. The van der Waals surface area contributed by atoms with Crippen molar-refractivity contribution in [2.75, 3.05) is 0 Å². The number of aromatic nitrogens is 6. The van der Waals surface area contributed by atoms with Gasteiger partial charge in [0.05, 0.1) is 35.5 Å². The van der Waals surface area contributed by atoms with E-state index in [1.54, 1.807) is 18.7 Å². The molecule has 5 rings (SSSR count). The topological polar surface area (TPSA) is 90.5 Å². The summed E-state index contributed by atoms with van der Waals surface area (Å²) in [6.45, 7) is 6.06. The number of hydrogen-bond donors (Lipinski definition) is 1. The van der Waals surface area contributed by atoms with Crippen molar-refractivity contribution in [2.24, 2.45) is 0 Å². The van der Waals surface area contributed by atoms with Crippen LogP contribution in [-0.2, 0) is 6.54 Å². The standard InChI is InChI=1S/C25H26FN7O/c1-15(2)33-14-29-31-24(33)21-6-4-5-18(30-21)11-27-25(34)19-10-23(16(3)9-20(19)26)32-12-22(28-13-32)17-7-8-17/h4-6,9-10,12-15,17H,7-8,11H2,1-3H3,(H,27,34). The van der Waals surface area contributed by atoms with Gasteiger partial charge in [-0.3, -0.25) is 4.79 Å². The number of amides is 1.